The third-order valence-electron chi connectivity index (χ3n) is 3.35. The van der Waals surface area contributed by atoms with Crippen LogP contribution in [0.15, 0.2) is 0 Å². The average Bonchev–Trinajstić information content (AvgIpc) is 2.57. The molecule has 2 aliphatic heterocycles. The molecule has 2 fully saturated rings. The van der Waals surface area contributed by atoms with Crippen LogP contribution in [-0.2, 0) is 0 Å². The van der Waals surface area contributed by atoms with Gasteiger partial charge < -0.3 is 10.6 Å². The van der Waals surface area contributed by atoms with Crippen LogP contribution in [0.3, 0.4) is 0 Å². The van der Waals surface area contributed by atoms with E-state index in [4.69, 9.17) is 0 Å². The Bertz CT molecular complexity index is 158. The molecule has 0 spiro atoms. The van der Waals surface area contributed by atoms with E-state index in [0.29, 0.717) is 6.42 Å². The number of rotatable bonds is 1. The van der Waals surface area contributed by atoms with Gasteiger partial charge in [0.1, 0.15) is 5.67 Å². The lowest BCUT2D eigenvalue weighted by Gasteiger charge is -2.30. The minimum atomic E-state index is -0.931. The fourth-order valence-electron chi connectivity index (χ4n) is 2.53. The van der Waals surface area contributed by atoms with Gasteiger partial charge in [0.25, 0.3) is 0 Å². The summed E-state index contributed by atoms with van der Waals surface area (Å²) in [5, 5.41) is 6.55. The summed E-state index contributed by atoms with van der Waals surface area (Å²) in [6.07, 6.45) is 4.57. The van der Waals surface area contributed by atoms with E-state index >= 15 is 0 Å². The summed E-state index contributed by atoms with van der Waals surface area (Å²) in [7, 11) is 0. The fraction of sp³-hybridized carbons (Fsp3) is 1.00. The number of hydrogen-bond donors (Lipinski definition) is 2. The van der Waals surface area contributed by atoms with Gasteiger partial charge in [0, 0.05) is 6.04 Å². The second-order valence-electron chi connectivity index (χ2n) is 4.29. The van der Waals surface area contributed by atoms with Crippen LogP contribution in [0.5, 0.6) is 0 Å². The van der Waals surface area contributed by atoms with Crippen LogP contribution in [0, 0.1) is 0 Å². The quantitative estimate of drug-likeness (QED) is 0.643. The Morgan fingerprint density at radius 1 is 1.08 bits per heavy atom. The van der Waals surface area contributed by atoms with Gasteiger partial charge in [-0.1, -0.05) is 0 Å². The predicted molar refractivity (Wildman–Crippen MR) is 51.6 cm³/mol. The first-order chi connectivity index (χ1) is 6.31. The summed E-state index contributed by atoms with van der Waals surface area (Å²) in [5.74, 6) is 0. The fourth-order valence-corrected chi connectivity index (χ4v) is 2.53. The third-order valence-corrected chi connectivity index (χ3v) is 3.35. The predicted octanol–water partition coefficient (Wildman–Crippen LogP) is 1.22. The molecule has 0 aliphatic carbocycles. The average molecular weight is 186 g/mol. The van der Waals surface area contributed by atoms with E-state index in [1.54, 1.807) is 0 Å². The van der Waals surface area contributed by atoms with Crippen molar-refractivity contribution in [3.8, 4) is 0 Å². The van der Waals surface area contributed by atoms with Crippen LogP contribution in [0.2, 0.25) is 0 Å². The highest BCUT2D eigenvalue weighted by Gasteiger charge is 2.40. The van der Waals surface area contributed by atoms with Gasteiger partial charge in [-0.15, -0.1) is 0 Å². The number of hydrogen-bond acceptors (Lipinski definition) is 2. The number of alkyl halides is 1. The van der Waals surface area contributed by atoms with Crippen molar-refractivity contribution in [2.24, 2.45) is 0 Å². The Balaban J connectivity index is 1.98. The summed E-state index contributed by atoms with van der Waals surface area (Å²) >= 11 is 0. The molecule has 0 amide bonds. The van der Waals surface area contributed by atoms with Crippen LogP contribution in [0.25, 0.3) is 0 Å². The van der Waals surface area contributed by atoms with E-state index in [1.165, 1.54) is 0 Å². The lowest BCUT2D eigenvalue weighted by Crippen LogP contribution is -2.44. The lowest BCUT2D eigenvalue weighted by atomic mass is 9.88. The van der Waals surface area contributed by atoms with Crippen molar-refractivity contribution < 1.29 is 4.39 Å². The molecule has 13 heavy (non-hydrogen) atoms. The summed E-state index contributed by atoms with van der Waals surface area (Å²) < 4.78 is 14.4. The van der Waals surface area contributed by atoms with E-state index in [0.717, 1.165) is 45.3 Å². The van der Waals surface area contributed by atoms with Crippen molar-refractivity contribution in [2.75, 3.05) is 19.6 Å². The van der Waals surface area contributed by atoms with Gasteiger partial charge in [0.15, 0.2) is 0 Å². The Kier molecular flexibility index (Phi) is 2.84. The third kappa shape index (κ3) is 2.02. The first kappa shape index (κ1) is 9.41. The molecule has 3 heteroatoms. The van der Waals surface area contributed by atoms with Crippen molar-refractivity contribution >= 4 is 0 Å². The SMILES string of the molecule is FC1(C2CCCN2)CCCNCC1. The zero-order valence-electron chi connectivity index (χ0n) is 8.11. The number of nitrogens with one attached hydrogen (secondary N) is 2. The van der Waals surface area contributed by atoms with Crippen LogP contribution >= 0.6 is 0 Å². The Morgan fingerprint density at radius 2 is 2.00 bits per heavy atom. The summed E-state index contributed by atoms with van der Waals surface area (Å²) in [4.78, 5) is 0. The van der Waals surface area contributed by atoms with Gasteiger partial charge in [-0.2, -0.15) is 0 Å². The molecule has 2 nitrogen and oxygen atoms in total. The lowest BCUT2D eigenvalue weighted by molar-refractivity contribution is 0.0982. The Morgan fingerprint density at radius 3 is 2.77 bits per heavy atom. The Labute approximate surface area is 79.3 Å². The van der Waals surface area contributed by atoms with Crippen LogP contribution in [-0.4, -0.2) is 31.3 Å². The molecule has 2 heterocycles. The first-order valence-corrected chi connectivity index (χ1v) is 5.44. The molecule has 0 bridgehead atoms. The topological polar surface area (TPSA) is 24.1 Å². The molecule has 2 aliphatic rings. The molecule has 0 aromatic carbocycles. The Hall–Kier alpha value is -0.150. The van der Waals surface area contributed by atoms with Crippen molar-refractivity contribution in [1.82, 2.24) is 10.6 Å². The van der Waals surface area contributed by atoms with Crippen LogP contribution in [0.1, 0.15) is 32.1 Å². The molecule has 0 aromatic heterocycles. The second-order valence-corrected chi connectivity index (χ2v) is 4.29. The molecule has 2 N–H and O–H groups in total. The van der Waals surface area contributed by atoms with Gasteiger partial charge in [-0.05, 0) is 51.7 Å². The zero-order chi connectivity index (χ0) is 9.15. The van der Waals surface area contributed by atoms with E-state index in [1.807, 2.05) is 0 Å². The minimum absolute atomic E-state index is 0.132. The van der Waals surface area contributed by atoms with Gasteiger partial charge in [0.05, 0.1) is 0 Å². The second kappa shape index (κ2) is 3.93. The highest BCUT2D eigenvalue weighted by atomic mass is 19.1. The maximum Gasteiger partial charge on any atom is 0.127 e. The molecule has 2 rings (SSSR count). The van der Waals surface area contributed by atoms with Gasteiger partial charge in [0.2, 0.25) is 0 Å². The van der Waals surface area contributed by atoms with E-state index in [2.05, 4.69) is 10.6 Å². The summed E-state index contributed by atoms with van der Waals surface area (Å²) in [5.41, 5.74) is -0.931. The minimum Gasteiger partial charge on any atom is -0.317 e. The number of halogens is 1. The van der Waals surface area contributed by atoms with E-state index < -0.39 is 5.67 Å². The van der Waals surface area contributed by atoms with Crippen molar-refractivity contribution in [3.05, 3.63) is 0 Å². The molecule has 2 saturated heterocycles. The molecular weight excluding hydrogens is 167 g/mol. The van der Waals surface area contributed by atoms with Gasteiger partial charge >= 0.3 is 0 Å². The van der Waals surface area contributed by atoms with E-state index in [-0.39, 0.29) is 6.04 Å². The zero-order valence-corrected chi connectivity index (χ0v) is 8.11. The van der Waals surface area contributed by atoms with E-state index in [9.17, 15) is 4.39 Å². The molecule has 0 radical (unpaired) electrons. The first-order valence-electron chi connectivity index (χ1n) is 5.44. The smallest absolute Gasteiger partial charge is 0.127 e. The summed E-state index contributed by atoms with van der Waals surface area (Å²) in [6, 6.07) is 0.132. The van der Waals surface area contributed by atoms with Crippen LogP contribution < -0.4 is 10.6 Å². The maximum absolute atomic E-state index is 14.4. The highest BCUT2D eigenvalue weighted by Crippen LogP contribution is 2.32. The molecule has 2 unspecified atom stereocenters. The maximum atomic E-state index is 14.4. The highest BCUT2D eigenvalue weighted by molar-refractivity contribution is 4.96. The molecule has 2 atom stereocenters. The summed E-state index contributed by atoms with van der Waals surface area (Å²) in [6.45, 7) is 2.83. The van der Waals surface area contributed by atoms with Gasteiger partial charge in [-0.3, -0.25) is 0 Å². The van der Waals surface area contributed by atoms with Gasteiger partial charge in [-0.25, -0.2) is 4.39 Å². The standard InChI is InChI=1S/C10H19FN2/c11-10(9-3-1-7-13-9)4-2-6-12-8-5-10/h9,12-13H,1-8H2. The molecule has 76 valence electrons. The monoisotopic (exact) mass is 186 g/mol. The molecule has 0 saturated carbocycles. The largest absolute Gasteiger partial charge is 0.317 e. The molecular formula is C10H19FN2. The normalized spacial score (nSPS) is 41.8. The molecule has 0 aromatic rings. The van der Waals surface area contributed by atoms with Crippen molar-refractivity contribution in [2.45, 2.75) is 43.8 Å². The van der Waals surface area contributed by atoms with Crippen LogP contribution in [0.4, 0.5) is 4.39 Å². The van der Waals surface area contributed by atoms with Crippen molar-refractivity contribution in [1.29, 1.82) is 0 Å². The van der Waals surface area contributed by atoms with Crippen molar-refractivity contribution in [3.63, 3.8) is 0 Å².